The van der Waals surface area contributed by atoms with Gasteiger partial charge in [0.15, 0.2) is 0 Å². The maximum absolute atomic E-state index is 6.22. The average molecular weight is 185 g/mol. The van der Waals surface area contributed by atoms with Crippen molar-refractivity contribution in [2.45, 2.75) is 33.6 Å². The lowest BCUT2D eigenvalue weighted by Crippen LogP contribution is -2.07. The lowest BCUT2D eigenvalue weighted by Gasteiger charge is -2.17. The first kappa shape index (κ1) is 9.85. The van der Waals surface area contributed by atoms with Gasteiger partial charge >= 0.3 is 0 Å². The molecule has 0 saturated carbocycles. The Bertz CT molecular complexity index is 225. The first-order valence-corrected chi connectivity index (χ1v) is 5.00. The van der Waals surface area contributed by atoms with E-state index in [1.54, 1.807) is 0 Å². The van der Waals surface area contributed by atoms with Crippen LogP contribution in [0.2, 0.25) is 0 Å². The van der Waals surface area contributed by atoms with Gasteiger partial charge in [-0.05, 0) is 24.8 Å². The summed E-state index contributed by atoms with van der Waals surface area (Å²) in [6.07, 6.45) is 2.26. The Hall–Kier alpha value is -0.230. The van der Waals surface area contributed by atoms with E-state index in [-0.39, 0.29) is 0 Å². The zero-order valence-electron chi connectivity index (χ0n) is 8.15. The number of rotatable bonds is 2. The van der Waals surface area contributed by atoms with Gasteiger partial charge in [-0.15, -0.1) is 0 Å². The molecule has 0 aliphatic heterocycles. The fourth-order valence-corrected chi connectivity index (χ4v) is 2.12. The molecule has 1 heteroatoms. The SMILES string of the molecule is C=C1C[C@H]([C@@H](C)CC)C(Cl)=C1C. The summed E-state index contributed by atoms with van der Waals surface area (Å²) in [5, 5.41) is 1.05. The summed E-state index contributed by atoms with van der Waals surface area (Å²) < 4.78 is 0. The second-order valence-corrected chi connectivity index (χ2v) is 4.18. The van der Waals surface area contributed by atoms with Gasteiger partial charge in [0.25, 0.3) is 0 Å². The van der Waals surface area contributed by atoms with Crippen molar-refractivity contribution in [1.29, 1.82) is 0 Å². The molecule has 0 aromatic rings. The third-order valence-corrected chi connectivity index (χ3v) is 3.58. The molecular formula is C11H17Cl. The van der Waals surface area contributed by atoms with Gasteiger partial charge in [-0.2, -0.15) is 0 Å². The zero-order valence-corrected chi connectivity index (χ0v) is 8.91. The molecule has 0 N–H and O–H groups in total. The van der Waals surface area contributed by atoms with Crippen LogP contribution in [0.1, 0.15) is 33.6 Å². The van der Waals surface area contributed by atoms with E-state index in [9.17, 15) is 0 Å². The zero-order chi connectivity index (χ0) is 9.30. The van der Waals surface area contributed by atoms with Crippen LogP contribution in [0.25, 0.3) is 0 Å². The second kappa shape index (κ2) is 3.66. The Kier molecular flexibility index (Phi) is 3.00. The number of hydrogen-bond acceptors (Lipinski definition) is 0. The molecule has 0 heterocycles. The second-order valence-electron chi connectivity index (χ2n) is 3.77. The smallest absolute Gasteiger partial charge is 0.0249 e. The first-order valence-electron chi connectivity index (χ1n) is 4.62. The van der Waals surface area contributed by atoms with Crippen LogP contribution in [0.5, 0.6) is 0 Å². The molecule has 0 unspecified atom stereocenters. The summed E-state index contributed by atoms with van der Waals surface area (Å²) in [4.78, 5) is 0. The topological polar surface area (TPSA) is 0 Å². The summed E-state index contributed by atoms with van der Waals surface area (Å²) in [6.45, 7) is 10.6. The van der Waals surface area contributed by atoms with E-state index in [2.05, 4.69) is 27.4 Å². The molecule has 0 saturated heterocycles. The Balaban J connectivity index is 2.80. The lowest BCUT2D eigenvalue weighted by atomic mass is 9.91. The fraction of sp³-hybridized carbons (Fsp3) is 0.636. The minimum Gasteiger partial charge on any atom is -0.0955 e. The van der Waals surface area contributed by atoms with E-state index in [1.165, 1.54) is 17.6 Å². The van der Waals surface area contributed by atoms with Gasteiger partial charge in [0.05, 0.1) is 0 Å². The molecule has 0 radical (unpaired) electrons. The Morgan fingerprint density at radius 2 is 2.25 bits per heavy atom. The Labute approximate surface area is 80.3 Å². The monoisotopic (exact) mass is 184 g/mol. The summed E-state index contributed by atoms with van der Waals surface area (Å²) in [5.74, 6) is 1.23. The standard InChI is InChI=1S/C11H17Cl/c1-5-7(2)10-6-8(3)9(4)11(10)12/h7,10H,3,5-6H2,1-2,4H3/t7-,10+/m0/s1. The highest BCUT2D eigenvalue weighted by Gasteiger charge is 2.27. The molecule has 12 heavy (non-hydrogen) atoms. The van der Waals surface area contributed by atoms with Gasteiger partial charge in [-0.25, -0.2) is 0 Å². The molecule has 0 spiro atoms. The first-order chi connectivity index (χ1) is 5.57. The Morgan fingerprint density at radius 1 is 1.67 bits per heavy atom. The summed E-state index contributed by atoms with van der Waals surface area (Å²) >= 11 is 6.22. The molecule has 0 amide bonds. The van der Waals surface area contributed by atoms with E-state index >= 15 is 0 Å². The van der Waals surface area contributed by atoms with Crippen molar-refractivity contribution in [1.82, 2.24) is 0 Å². The van der Waals surface area contributed by atoms with E-state index in [0.717, 1.165) is 11.5 Å². The summed E-state index contributed by atoms with van der Waals surface area (Å²) in [7, 11) is 0. The van der Waals surface area contributed by atoms with Crippen LogP contribution >= 0.6 is 11.6 Å². The van der Waals surface area contributed by atoms with Crippen molar-refractivity contribution in [2.75, 3.05) is 0 Å². The predicted octanol–water partition coefficient (Wildman–Crippen LogP) is 4.12. The van der Waals surface area contributed by atoms with Crippen molar-refractivity contribution < 1.29 is 0 Å². The highest BCUT2D eigenvalue weighted by Crippen LogP contribution is 2.42. The van der Waals surface area contributed by atoms with Crippen molar-refractivity contribution in [3.63, 3.8) is 0 Å². The normalized spacial score (nSPS) is 26.7. The number of hydrogen-bond donors (Lipinski definition) is 0. The maximum Gasteiger partial charge on any atom is 0.0249 e. The van der Waals surface area contributed by atoms with Gasteiger partial charge in [0, 0.05) is 11.0 Å². The summed E-state index contributed by atoms with van der Waals surface area (Å²) in [6, 6.07) is 0. The highest BCUT2D eigenvalue weighted by molar-refractivity contribution is 6.30. The third kappa shape index (κ3) is 1.59. The maximum atomic E-state index is 6.22. The summed E-state index contributed by atoms with van der Waals surface area (Å²) in [5.41, 5.74) is 2.45. The van der Waals surface area contributed by atoms with Crippen LogP contribution in [-0.2, 0) is 0 Å². The molecular weight excluding hydrogens is 168 g/mol. The molecule has 1 aliphatic rings. The molecule has 0 fully saturated rings. The quantitative estimate of drug-likeness (QED) is 0.606. The largest absolute Gasteiger partial charge is 0.0955 e. The van der Waals surface area contributed by atoms with Crippen LogP contribution in [0.4, 0.5) is 0 Å². The third-order valence-electron chi connectivity index (χ3n) is 3.01. The van der Waals surface area contributed by atoms with E-state index in [4.69, 9.17) is 11.6 Å². The van der Waals surface area contributed by atoms with Gasteiger partial charge in [-0.1, -0.05) is 44.0 Å². The van der Waals surface area contributed by atoms with Gasteiger partial charge < -0.3 is 0 Å². The predicted molar refractivity (Wildman–Crippen MR) is 55.3 cm³/mol. The molecule has 0 aromatic carbocycles. The van der Waals surface area contributed by atoms with Crippen LogP contribution < -0.4 is 0 Å². The van der Waals surface area contributed by atoms with Gasteiger partial charge in [-0.3, -0.25) is 0 Å². The highest BCUT2D eigenvalue weighted by atomic mass is 35.5. The van der Waals surface area contributed by atoms with Crippen LogP contribution in [0.15, 0.2) is 22.8 Å². The van der Waals surface area contributed by atoms with E-state index in [1.807, 2.05) is 0 Å². The number of halogens is 1. The minimum atomic E-state index is 0.546. The van der Waals surface area contributed by atoms with Crippen LogP contribution in [0, 0.1) is 11.8 Å². The molecule has 1 rings (SSSR count). The Morgan fingerprint density at radius 3 is 2.58 bits per heavy atom. The molecule has 0 aromatic heterocycles. The van der Waals surface area contributed by atoms with Crippen molar-refractivity contribution in [3.8, 4) is 0 Å². The fourth-order valence-electron chi connectivity index (χ4n) is 1.69. The van der Waals surface area contributed by atoms with Crippen LogP contribution in [0.3, 0.4) is 0 Å². The molecule has 0 bridgehead atoms. The van der Waals surface area contributed by atoms with Crippen molar-refractivity contribution >= 4 is 11.6 Å². The molecule has 0 nitrogen and oxygen atoms in total. The molecule has 1 aliphatic carbocycles. The van der Waals surface area contributed by atoms with Crippen molar-refractivity contribution in [2.24, 2.45) is 11.8 Å². The van der Waals surface area contributed by atoms with E-state index in [0.29, 0.717) is 11.8 Å². The van der Waals surface area contributed by atoms with E-state index < -0.39 is 0 Å². The van der Waals surface area contributed by atoms with Crippen molar-refractivity contribution in [3.05, 3.63) is 22.8 Å². The lowest BCUT2D eigenvalue weighted by molar-refractivity contribution is 0.419. The number of allylic oxidation sites excluding steroid dienone is 3. The molecule has 68 valence electrons. The van der Waals surface area contributed by atoms with Crippen LogP contribution in [-0.4, -0.2) is 0 Å². The molecule has 2 atom stereocenters. The average Bonchev–Trinajstić information content (AvgIpc) is 2.32. The van der Waals surface area contributed by atoms with Gasteiger partial charge in [0.1, 0.15) is 0 Å². The minimum absolute atomic E-state index is 0.546. The van der Waals surface area contributed by atoms with Gasteiger partial charge in [0.2, 0.25) is 0 Å².